The summed E-state index contributed by atoms with van der Waals surface area (Å²) in [4.78, 5) is 22.4. The number of carbonyl (C=O) groups is 2. The molecule has 0 saturated carbocycles. The van der Waals surface area contributed by atoms with Crippen LogP contribution in [-0.2, 0) is 14.2 Å². The zero-order valence-electron chi connectivity index (χ0n) is 11.4. The highest BCUT2D eigenvalue weighted by atomic mass is 16.7. The van der Waals surface area contributed by atoms with Crippen molar-refractivity contribution in [1.29, 1.82) is 0 Å². The van der Waals surface area contributed by atoms with Gasteiger partial charge < -0.3 is 14.2 Å². The minimum Gasteiger partial charge on any atom is -0.454 e. The fraction of sp³-hybridized carbons (Fsp3) is 0.467. The first-order chi connectivity index (χ1) is 9.72. The van der Waals surface area contributed by atoms with Crippen LogP contribution >= 0.6 is 0 Å². The molecule has 1 aromatic carbocycles. The van der Waals surface area contributed by atoms with Gasteiger partial charge in [0.1, 0.15) is 12.4 Å². The summed E-state index contributed by atoms with van der Waals surface area (Å²) in [5.74, 6) is -0.436. The van der Waals surface area contributed by atoms with E-state index < -0.39 is 5.97 Å². The molecule has 1 aliphatic rings. The van der Waals surface area contributed by atoms with Crippen LogP contribution in [0.2, 0.25) is 0 Å². The molecule has 0 amide bonds. The van der Waals surface area contributed by atoms with Gasteiger partial charge in [0, 0.05) is 5.56 Å². The highest BCUT2D eigenvalue weighted by Gasteiger charge is 2.24. The Labute approximate surface area is 117 Å². The predicted molar refractivity (Wildman–Crippen MR) is 71.6 cm³/mol. The standard InChI is InChI=1S/C15H18O5/c1-2-3-14-18-9-13(10-19-14)20-15(17)12-6-4-11(8-16)5-7-12/h4-8,13-14H,2-3,9-10H2,1H3. The number of ether oxygens (including phenoxy) is 3. The zero-order chi connectivity index (χ0) is 14.4. The molecule has 5 nitrogen and oxygen atoms in total. The van der Waals surface area contributed by atoms with Crippen molar-refractivity contribution in [3.05, 3.63) is 35.4 Å². The van der Waals surface area contributed by atoms with Crippen LogP contribution in [0.4, 0.5) is 0 Å². The number of esters is 1. The van der Waals surface area contributed by atoms with Gasteiger partial charge in [-0.15, -0.1) is 0 Å². The number of hydrogen-bond donors (Lipinski definition) is 0. The van der Waals surface area contributed by atoms with E-state index in [1.165, 1.54) is 0 Å². The molecule has 0 radical (unpaired) electrons. The van der Waals surface area contributed by atoms with Gasteiger partial charge in [0.15, 0.2) is 6.29 Å². The molecule has 0 spiro atoms. The molecule has 0 aromatic heterocycles. The van der Waals surface area contributed by atoms with Crippen molar-refractivity contribution in [3.63, 3.8) is 0 Å². The topological polar surface area (TPSA) is 61.8 Å². The van der Waals surface area contributed by atoms with Gasteiger partial charge in [-0.2, -0.15) is 0 Å². The average Bonchev–Trinajstić information content (AvgIpc) is 2.49. The van der Waals surface area contributed by atoms with E-state index in [1.54, 1.807) is 24.3 Å². The SMILES string of the molecule is CCCC1OCC(OC(=O)c2ccc(C=O)cc2)CO1. The van der Waals surface area contributed by atoms with E-state index in [2.05, 4.69) is 6.92 Å². The van der Waals surface area contributed by atoms with Gasteiger partial charge in [0.25, 0.3) is 0 Å². The predicted octanol–water partition coefficient (Wildman–Crippen LogP) is 2.20. The Morgan fingerprint density at radius 1 is 1.30 bits per heavy atom. The largest absolute Gasteiger partial charge is 0.454 e. The summed E-state index contributed by atoms with van der Waals surface area (Å²) in [5, 5.41) is 0. The van der Waals surface area contributed by atoms with Crippen LogP contribution in [-0.4, -0.2) is 37.9 Å². The van der Waals surface area contributed by atoms with Crippen molar-refractivity contribution in [2.24, 2.45) is 0 Å². The first kappa shape index (κ1) is 14.7. The van der Waals surface area contributed by atoms with E-state index in [0.717, 1.165) is 19.1 Å². The van der Waals surface area contributed by atoms with E-state index in [0.29, 0.717) is 24.3 Å². The molecule has 0 bridgehead atoms. The summed E-state index contributed by atoms with van der Waals surface area (Å²) in [6, 6.07) is 6.29. The highest BCUT2D eigenvalue weighted by Crippen LogP contribution is 2.14. The van der Waals surface area contributed by atoms with E-state index in [-0.39, 0.29) is 12.4 Å². The van der Waals surface area contributed by atoms with Gasteiger partial charge in [-0.05, 0) is 18.6 Å². The number of carbonyl (C=O) groups excluding carboxylic acids is 2. The van der Waals surface area contributed by atoms with Gasteiger partial charge in [0.2, 0.25) is 0 Å². The van der Waals surface area contributed by atoms with Crippen LogP contribution in [0.3, 0.4) is 0 Å². The monoisotopic (exact) mass is 278 g/mol. The summed E-state index contributed by atoms with van der Waals surface area (Å²) in [6.07, 6.45) is 1.97. The molecule has 108 valence electrons. The van der Waals surface area contributed by atoms with E-state index in [4.69, 9.17) is 14.2 Å². The Kier molecular flexibility index (Phi) is 5.26. The van der Waals surface area contributed by atoms with Crippen molar-refractivity contribution < 1.29 is 23.8 Å². The van der Waals surface area contributed by atoms with Crippen molar-refractivity contribution in [2.75, 3.05) is 13.2 Å². The molecule has 1 aliphatic heterocycles. The average molecular weight is 278 g/mol. The molecule has 1 aromatic rings. The van der Waals surface area contributed by atoms with Gasteiger partial charge in [0.05, 0.1) is 18.8 Å². The molecule has 1 fully saturated rings. The molecular weight excluding hydrogens is 260 g/mol. The van der Waals surface area contributed by atoms with Crippen molar-refractivity contribution in [2.45, 2.75) is 32.2 Å². The first-order valence-corrected chi connectivity index (χ1v) is 6.72. The molecule has 2 rings (SSSR count). The van der Waals surface area contributed by atoms with Crippen LogP contribution in [0.5, 0.6) is 0 Å². The van der Waals surface area contributed by atoms with Crippen molar-refractivity contribution in [3.8, 4) is 0 Å². The van der Waals surface area contributed by atoms with Crippen LogP contribution in [0.1, 0.15) is 40.5 Å². The van der Waals surface area contributed by atoms with E-state index in [9.17, 15) is 9.59 Å². The summed E-state index contributed by atoms with van der Waals surface area (Å²) in [7, 11) is 0. The maximum atomic E-state index is 11.9. The lowest BCUT2D eigenvalue weighted by atomic mass is 10.1. The Morgan fingerprint density at radius 2 is 1.95 bits per heavy atom. The number of aldehydes is 1. The lowest BCUT2D eigenvalue weighted by molar-refractivity contribution is -0.218. The van der Waals surface area contributed by atoms with Crippen LogP contribution in [0, 0.1) is 0 Å². The molecule has 0 aliphatic carbocycles. The molecule has 1 heterocycles. The van der Waals surface area contributed by atoms with Gasteiger partial charge >= 0.3 is 5.97 Å². The smallest absolute Gasteiger partial charge is 0.338 e. The van der Waals surface area contributed by atoms with E-state index in [1.807, 2.05) is 0 Å². The van der Waals surface area contributed by atoms with Crippen LogP contribution in [0.25, 0.3) is 0 Å². The third-order valence-electron chi connectivity index (χ3n) is 3.02. The normalized spacial score (nSPS) is 22.2. The second kappa shape index (κ2) is 7.17. The maximum Gasteiger partial charge on any atom is 0.338 e. The third-order valence-corrected chi connectivity index (χ3v) is 3.02. The number of benzene rings is 1. The zero-order valence-corrected chi connectivity index (χ0v) is 11.4. The fourth-order valence-corrected chi connectivity index (χ4v) is 1.91. The van der Waals surface area contributed by atoms with Crippen molar-refractivity contribution >= 4 is 12.3 Å². The molecule has 20 heavy (non-hydrogen) atoms. The van der Waals surface area contributed by atoms with Crippen LogP contribution < -0.4 is 0 Å². The maximum absolute atomic E-state index is 11.9. The van der Waals surface area contributed by atoms with Gasteiger partial charge in [-0.25, -0.2) is 4.79 Å². The lowest BCUT2D eigenvalue weighted by Crippen LogP contribution is -2.38. The second-order valence-corrected chi connectivity index (χ2v) is 4.65. The summed E-state index contributed by atoms with van der Waals surface area (Å²) >= 11 is 0. The molecular formula is C15H18O5. The third kappa shape index (κ3) is 3.88. The molecule has 1 saturated heterocycles. The first-order valence-electron chi connectivity index (χ1n) is 6.72. The Hall–Kier alpha value is -1.72. The van der Waals surface area contributed by atoms with Crippen LogP contribution in [0.15, 0.2) is 24.3 Å². The lowest BCUT2D eigenvalue weighted by Gasteiger charge is -2.28. The summed E-state index contributed by atoms with van der Waals surface area (Å²) in [5.41, 5.74) is 0.930. The minimum absolute atomic E-state index is 0.193. The fourth-order valence-electron chi connectivity index (χ4n) is 1.91. The summed E-state index contributed by atoms with van der Waals surface area (Å²) < 4.78 is 16.2. The van der Waals surface area contributed by atoms with Gasteiger partial charge in [-0.1, -0.05) is 25.5 Å². The number of hydrogen-bond acceptors (Lipinski definition) is 5. The molecule has 0 N–H and O–H groups in total. The Balaban J connectivity index is 1.84. The molecule has 0 atom stereocenters. The number of rotatable bonds is 5. The Bertz CT molecular complexity index is 446. The quantitative estimate of drug-likeness (QED) is 0.610. The molecule has 0 unspecified atom stereocenters. The molecule has 5 heteroatoms. The van der Waals surface area contributed by atoms with Crippen molar-refractivity contribution in [1.82, 2.24) is 0 Å². The Morgan fingerprint density at radius 3 is 2.50 bits per heavy atom. The summed E-state index contributed by atoms with van der Waals surface area (Å²) in [6.45, 7) is 2.76. The highest BCUT2D eigenvalue weighted by molar-refractivity contribution is 5.90. The minimum atomic E-state index is -0.436. The van der Waals surface area contributed by atoms with Gasteiger partial charge in [-0.3, -0.25) is 4.79 Å². The van der Waals surface area contributed by atoms with E-state index >= 15 is 0 Å². The second-order valence-electron chi connectivity index (χ2n) is 4.65.